The molecular formula is C25H22ClFN4OS. The van der Waals surface area contributed by atoms with Crippen molar-refractivity contribution in [2.45, 2.75) is 30.8 Å². The summed E-state index contributed by atoms with van der Waals surface area (Å²) in [5.41, 5.74) is 3.76. The molecule has 33 heavy (non-hydrogen) atoms. The third kappa shape index (κ3) is 6.00. The van der Waals surface area contributed by atoms with Crippen LogP contribution in [0.3, 0.4) is 0 Å². The third-order valence-electron chi connectivity index (χ3n) is 5.04. The van der Waals surface area contributed by atoms with E-state index in [1.165, 1.54) is 23.9 Å². The minimum atomic E-state index is -0.269. The number of carbonyl (C=O) groups excluding carboxylic acids is 1. The van der Waals surface area contributed by atoms with E-state index in [1.54, 1.807) is 12.1 Å². The molecule has 0 saturated heterocycles. The van der Waals surface area contributed by atoms with E-state index in [0.717, 1.165) is 22.4 Å². The Morgan fingerprint density at radius 2 is 1.79 bits per heavy atom. The number of thioether (sulfide) groups is 1. The van der Waals surface area contributed by atoms with Crippen LogP contribution in [-0.2, 0) is 23.5 Å². The van der Waals surface area contributed by atoms with E-state index in [4.69, 9.17) is 11.6 Å². The molecule has 5 nitrogen and oxygen atoms in total. The lowest BCUT2D eigenvalue weighted by Crippen LogP contribution is -2.26. The number of benzene rings is 3. The van der Waals surface area contributed by atoms with Gasteiger partial charge in [0.2, 0.25) is 5.91 Å². The van der Waals surface area contributed by atoms with Gasteiger partial charge in [-0.15, -0.1) is 10.2 Å². The Bertz CT molecular complexity index is 1250. The van der Waals surface area contributed by atoms with Crippen LogP contribution in [0.25, 0.3) is 5.69 Å². The fourth-order valence-corrected chi connectivity index (χ4v) is 4.41. The minimum absolute atomic E-state index is 0.0981. The van der Waals surface area contributed by atoms with E-state index in [9.17, 15) is 9.18 Å². The van der Waals surface area contributed by atoms with E-state index in [1.807, 2.05) is 60.0 Å². The van der Waals surface area contributed by atoms with Gasteiger partial charge in [-0.3, -0.25) is 9.36 Å². The normalized spacial score (nSPS) is 10.9. The average molecular weight is 481 g/mol. The molecule has 0 fully saturated rings. The first-order valence-corrected chi connectivity index (χ1v) is 11.7. The topological polar surface area (TPSA) is 59.8 Å². The lowest BCUT2D eigenvalue weighted by atomic mass is 10.1. The predicted molar refractivity (Wildman–Crippen MR) is 129 cm³/mol. The maximum atomic E-state index is 13.2. The molecule has 0 aliphatic rings. The number of nitrogens with one attached hydrogen (secondary N) is 1. The van der Waals surface area contributed by atoms with Gasteiger partial charge in [0.15, 0.2) is 11.0 Å². The minimum Gasteiger partial charge on any atom is -0.348 e. The predicted octanol–water partition coefficient (Wildman–Crippen LogP) is 5.52. The molecule has 0 radical (unpaired) electrons. The van der Waals surface area contributed by atoms with E-state index < -0.39 is 0 Å². The van der Waals surface area contributed by atoms with Crippen molar-refractivity contribution in [2.75, 3.05) is 0 Å². The van der Waals surface area contributed by atoms with Gasteiger partial charge in [-0.1, -0.05) is 71.9 Å². The first-order chi connectivity index (χ1) is 16.0. The van der Waals surface area contributed by atoms with Crippen molar-refractivity contribution < 1.29 is 9.18 Å². The highest BCUT2D eigenvalue weighted by molar-refractivity contribution is 7.98. The highest BCUT2D eigenvalue weighted by Gasteiger charge is 2.17. The lowest BCUT2D eigenvalue weighted by Gasteiger charge is -2.14. The molecule has 0 saturated carbocycles. The van der Waals surface area contributed by atoms with E-state index >= 15 is 0 Å². The molecule has 0 aliphatic carbocycles. The van der Waals surface area contributed by atoms with Gasteiger partial charge in [-0.25, -0.2) is 4.39 Å². The maximum Gasteiger partial charge on any atom is 0.224 e. The van der Waals surface area contributed by atoms with Crippen LogP contribution in [0.5, 0.6) is 0 Å². The summed E-state index contributed by atoms with van der Waals surface area (Å²) in [6, 6.07) is 21.6. The van der Waals surface area contributed by atoms with Crippen molar-refractivity contribution in [3.63, 3.8) is 0 Å². The number of hydrogen-bond acceptors (Lipinski definition) is 4. The lowest BCUT2D eigenvalue weighted by molar-refractivity contribution is -0.120. The monoisotopic (exact) mass is 480 g/mol. The number of aromatic nitrogens is 3. The first-order valence-electron chi connectivity index (χ1n) is 10.4. The molecule has 8 heteroatoms. The van der Waals surface area contributed by atoms with Gasteiger partial charge in [0, 0.05) is 10.8 Å². The molecular weight excluding hydrogens is 459 g/mol. The van der Waals surface area contributed by atoms with Gasteiger partial charge in [0.05, 0.1) is 18.7 Å². The highest BCUT2D eigenvalue weighted by atomic mass is 35.5. The summed E-state index contributed by atoms with van der Waals surface area (Å²) in [7, 11) is 0. The van der Waals surface area contributed by atoms with Crippen molar-refractivity contribution in [3.8, 4) is 5.69 Å². The van der Waals surface area contributed by atoms with Crippen LogP contribution in [0, 0.1) is 12.7 Å². The van der Waals surface area contributed by atoms with Crippen LogP contribution in [0.1, 0.15) is 22.5 Å². The van der Waals surface area contributed by atoms with Gasteiger partial charge < -0.3 is 5.32 Å². The van der Waals surface area contributed by atoms with Gasteiger partial charge >= 0.3 is 0 Å². The number of amides is 1. The summed E-state index contributed by atoms with van der Waals surface area (Å²) in [6.07, 6.45) is 0.289. The van der Waals surface area contributed by atoms with Crippen LogP contribution in [0.4, 0.5) is 4.39 Å². The Morgan fingerprint density at radius 1 is 1.03 bits per heavy atom. The van der Waals surface area contributed by atoms with Crippen LogP contribution < -0.4 is 5.32 Å². The smallest absolute Gasteiger partial charge is 0.224 e. The Morgan fingerprint density at radius 3 is 2.55 bits per heavy atom. The number of halogens is 2. The standard InChI is InChI=1S/C25H22ClFN4OS/c1-17-7-10-20(26)14-22(17)31-23(15-28-24(32)13-18-5-3-2-4-6-18)29-30-25(31)33-16-19-8-11-21(27)12-9-19/h2-12,14H,13,15-16H2,1H3,(H,28,32). The van der Waals surface area contributed by atoms with E-state index in [-0.39, 0.29) is 24.7 Å². The molecule has 0 unspecified atom stereocenters. The molecule has 4 aromatic rings. The Hall–Kier alpha value is -3.16. The van der Waals surface area contributed by atoms with Gasteiger partial charge in [-0.05, 0) is 47.9 Å². The molecule has 0 atom stereocenters. The Kier molecular flexibility index (Phi) is 7.42. The molecule has 4 rings (SSSR count). The molecule has 0 aliphatic heterocycles. The molecule has 1 heterocycles. The Labute approximate surface area is 201 Å². The first kappa shape index (κ1) is 23.0. The van der Waals surface area contributed by atoms with Crippen LogP contribution in [-0.4, -0.2) is 20.7 Å². The largest absolute Gasteiger partial charge is 0.348 e. The number of carbonyl (C=O) groups is 1. The number of rotatable bonds is 8. The van der Waals surface area contributed by atoms with E-state index in [2.05, 4.69) is 15.5 Å². The summed E-state index contributed by atoms with van der Waals surface area (Å²) in [5.74, 6) is 0.829. The summed E-state index contributed by atoms with van der Waals surface area (Å²) in [4.78, 5) is 12.5. The molecule has 1 amide bonds. The fourth-order valence-electron chi connectivity index (χ4n) is 3.32. The van der Waals surface area contributed by atoms with Crippen LogP contribution in [0.2, 0.25) is 5.02 Å². The fraction of sp³-hybridized carbons (Fsp3) is 0.160. The molecule has 1 aromatic heterocycles. The quantitative estimate of drug-likeness (QED) is 0.337. The van der Waals surface area contributed by atoms with Crippen molar-refractivity contribution in [1.29, 1.82) is 0 Å². The SMILES string of the molecule is Cc1ccc(Cl)cc1-n1c(CNC(=O)Cc2ccccc2)nnc1SCc1ccc(F)cc1. The van der Waals surface area contributed by atoms with Crippen molar-refractivity contribution >= 4 is 29.3 Å². The number of nitrogens with zero attached hydrogens (tertiary/aromatic N) is 3. The summed E-state index contributed by atoms with van der Waals surface area (Å²) < 4.78 is 15.1. The second-order valence-electron chi connectivity index (χ2n) is 7.52. The zero-order valence-corrected chi connectivity index (χ0v) is 19.5. The van der Waals surface area contributed by atoms with Gasteiger partial charge in [0.25, 0.3) is 0 Å². The zero-order valence-electron chi connectivity index (χ0n) is 18.0. The van der Waals surface area contributed by atoms with Crippen molar-refractivity contribution in [2.24, 2.45) is 0 Å². The van der Waals surface area contributed by atoms with E-state index in [0.29, 0.717) is 21.8 Å². The van der Waals surface area contributed by atoms with Crippen LogP contribution >= 0.6 is 23.4 Å². The highest BCUT2D eigenvalue weighted by Crippen LogP contribution is 2.28. The van der Waals surface area contributed by atoms with Crippen molar-refractivity contribution in [3.05, 3.63) is 106 Å². The number of aryl methyl sites for hydroxylation is 1. The molecule has 168 valence electrons. The summed E-state index contributed by atoms with van der Waals surface area (Å²) >= 11 is 7.76. The second kappa shape index (κ2) is 10.6. The zero-order chi connectivity index (χ0) is 23.2. The molecule has 0 bridgehead atoms. The third-order valence-corrected chi connectivity index (χ3v) is 6.28. The molecule has 3 aromatic carbocycles. The maximum absolute atomic E-state index is 13.2. The number of hydrogen-bond donors (Lipinski definition) is 1. The summed E-state index contributed by atoms with van der Waals surface area (Å²) in [6.45, 7) is 2.21. The molecule has 1 N–H and O–H groups in total. The Balaban J connectivity index is 1.56. The van der Waals surface area contributed by atoms with Crippen LogP contribution in [0.15, 0.2) is 78.0 Å². The van der Waals surface area contributed by atoms with Gasteiger partial charge in [-0.2, -0.15) is 0 Å². The summed E-state index contributed by atoms with van der Waals surface area (Å²) in [5, 5.41) is 12.9. The van der Waals surface area contributed by atoms with Crippen molar-refractivity contribution in [1.82, 2.24) is 20.1 Å². The average Bonchev–Trinajstić information content (AvgIpc) is 3.22. The van der Waals surface area contributed by atoms with Gasteiger partial charge in [0.1, 0.15) is 5.82 Å². The second-order valence-corrected chi connectivity index (χ2v) is 8.90. The molecule has 0 spiro atoms.